The van der Waals surface area contributed by atoms with Gasteiger partial charge in [0.05, 0.1) is 10.7 Å². The van der Waals surface area contributed by atoms with Crippen LogP contribution in [0.1, 0.15) is 55.5 Å². The lowest BCUT2D eigenvalue weighted by atomic mass is 9.99. The molecule has 0 spiro atoms. The molecule has 2 aromatic rings. The van der Waals surface area contributed by atoms with E-state index in [0.29, 0.717) is 16.5 Å². The molecule has 1 amide bonds. The molecule has 1 N–H and O–H groups in total. The van der Waals surface area contributed by atoms with Crippen LogP contribution in [0.5, 0.6) is 0 Å². The van der Waals surface area contributed by atoms with Crippen LogP contribution in [-0.2, 0) is 0 Å². The van der Waals surface area contributed by atoms with Crippen molar-refractivity contribution in [1.29, 1.82) is 0 Å². The summed E-state index contributed by atoms with van der Waals surface area (Å²) in [5.41, 5.74) is 3.66. The average molecular weight is 371 g/mol. The number of benzene rings is 2. The van der Waals surface area contributed by atoms with Gasteiger partial charge in [-0.3, -0.25) is 4.79 Å². The van der Waals surface area contributed by atoms with Crippen LogP contribution in [0.15, 0.2) is 42.5 Å². The molecular weight excluding hydrogens is 344 g/mol. The number of halogens is 1. The normalized spacial score (nSPS) is 15.3. The van der Waals surface area contributed by atoms with Crippen molar-refractivity contribution >= 4 is 28.9 Å². The Morgan fingerprint density at radius 2 is 1.77 bits per heavy atom. The SMILES string of the molecule is CC1CCN(c2ccc(NC(=O)c3ccc(C(C)C)cc3)cc2Cl)CC1. The molecule has 0 unspecified atom stereocenters. The molecule has 1 aliphatic heterocycles. The molecule has 0 aromatic heterocycles. The summed E-state index contributed by atoms with van der Waals surface area (Å²) in [5.74, 6) is 1.12. The molecule has 0 atom stereocenters. The monoisotopic (exact) mass is 370 g/mol. The third kappa shape index (κ3) is 4.39. The Morgan fingerprint density at radius 3 is 2.35 bits per heavy atom. The summed E-state index contributed by atoms with van der Waals surface area (Å²) in [7, 11) is 0. The van der Waals surface area contributed by atoms with E-state index in [1.165, 1.54) is 18.4 Å². The maximum atomic E-state index is 12.5. The summed E-state index contributed by atoms with van der Waals surface area (Å²) in [6.07, 6.45) is 2.39. The van der Waals surface area contributed by atoms with E-state index in [9.17, 15) is 4.79 Å². The van der Waals surface area contributed by atoms with Gasteiger partial charge in [0.15, 0.2) is 0 Å². The fourth-order valence-corrected chi connectivity index (χ4v) is 3.61. The largest absolute Gasteiger partial charge is 0.370 e. The number of nitrogens with zero attached hydrogens (tertiary/aromatic N) is 1. The standard InChI is InChI=1S/C22H27ClN2O/c1-15(2)17-4-6-18(7-5-17)22(26)24-19-8-9-21(20(23)14-19)25-12-10-16(3)11-13-25/h4-9,14-16H,10-13H2,1-3H3,(H,24,26). The molecule has 1 fully saturated rings. The van der Waals surface area contributed by atoms with Gasteiger partial charge in [0.2, 0.25) is 0 Å². The molecule has 0 radical (unpaired) electrons. The minimum absolute atomic E-state index is 0.115. The van der Waals surface area contributed by atoms with Gasteiger partial charge in [-0.25, -0.2) is 0 Å². The Balaban J connectivity index is 1.68. The van der Waals surface area contributed by atoms with Crippen molar-refractivity contribution in [1.82, 2.24) is 0 Å². The van der Waals surface area contributed by atoms with Crippen molar-refractivity contribution in [3.05, 3.63) is 58.6 Å². The quantitative estimate of drug-likeness (QED) is 0.720. The van der Waals surface area contributed by atoms with Crippen molar-refractivity contribution in [3.63, 3.8) is 0 Å². The summed E-state index contributed by atoms with van der Waals surface area (Å²) >= 11 is 6.49. The van der Waals surface area contributed by atoms with Crippen molar-refractivity contribution < 1.29 is 4.79 Å². The Morgan fingerprint density at radius 1 is 1.12 bits per heavy atom. The Kier molecular flexibility index (Phi) is 5.87. The molecule has 0 bridgehead atoms. The zero-order valence-corrected chi connectivity index (χ0v) is 16.5. The number of amides is 1. The van der Waals surface area contributed by atoms with E-state index in [4.69, 9.17) is 11.6 Å². The number of piperidine rings is 1. The van der Waals surface area contributed by atoms with Crippen LogP contribution in [0.3, 0.4) is 0 Å². The first-order chi connectivity index (χ1) is 12.4. The van der Waals surface area contributed by atoms with Crippen molar-refractivity contribution in [3.8, 4) is 0 Å². The minimum atomic E-state index is -0.115. The second-order valence-electron chi connectivity index (χ2n) is 7.57. The molecule has 3 rings (SSSR count). The molecule has 1 heterocycles. The van der Waals surface area contributed by atoms with E-state index in [0.717, 1.165) is 30.4 Å². The zero-order valence-electron chi connectivity index (χ0n) is 15.8. The second kappa shape index (κ2) is 8.13. The maximum Gasteiger partial charge on any atom is 0.255 e. The van der Waals surface area contributed by atoms with Crippen LogP contribution in [0, 0.1) is 5.92 Å². The van der Waals surface area contributed by atoms with Crippen LogP contribution in [-0.4, -0.2) is 19.0 Å². The van der Waals surface area contributed by atoms with Crippen molar-refractivity contribution in [2.45, 2.75) is 39.5 Å². The van der Waals surface area contributed by atoms with Crippen LogP contribution >= 0.6 is 11.6 Å². The smallest absolute Gasteiger partial charge is 0.255 e. The molecule has 138 valence electrons. The highest BCUT2D eigenvalue weighted by atomic mass is 35.5. The van der Waals surface area contributed by atoms with Crippen LogP contribution in [0.2, 0.25) is 5.02 Å². The summed E-state index contributed by atoms with van der Waals surface area (Å²) in [6.45, 7) is 8.65. The van der Waals surface area contributed by atoms with Gasteiger partial charge in [-0.15, -0.1) is 0 Å². The summed E-state index contributed by atoms with van der Waals surface area (Å²) < 4.78 is 0. The third-order valence-corrected chi connectivity index (χ3v) is 5.47. The second-order valence-corrected chi connectivity index (χ2v) is 7.97. The number of carbonyl (C=O) groups excluding carboxylic acids is 1. The molecule has 26 heavy (non-hydrogen) atoms. The Hall–Kier alpha value is -2.00. The Labute approximate surface area is 161 Å². The van der Waals surface area contributed by atoms with Gasteiger partial charge in [-0.2, -0.15) is 0 Å². The molecular formula is C22H27ClN2O. The summed E-state index contributed by atoms with van der Waals surface area (Å²) in [5, 5.41) is 3.63. The van der Waals surface area contributed by atoms with E-state index in [1.807, 2.05) is 42.5 Å². The summed E-state index contributed by atoms with van der Waals surface area (Å²) in [6, 6.07) is 13.5. The van der Waals surface area contributed by atoms with Gasteiger partial charge >= 0.3 is 0 Å². The molecule has 1 aliphatic rings. The molecule has 2 aromatic carbocycles. The van der Waals surface area contributed by atoms with E-state index < -0.39 is 0 Å². The van der Waals surface area contributed by atoms with Crippen LogP contribution in [0.4, 0.5) is 11.4 Å². The van der Waals surface area contributed by atoms with E-state index >= 15 is 0 Å². The van der Waals surface area contributed by atoms with Gasteiger partial charge in [-0.05, 0) is 60.6 Å². The van der Waals surface area contributed by atoms with Gasteiger partial charge in [-0.1, -0.05) is 44.5 Å². The highest BCUT2D eigenvalue weighted by Crippen LogP contribution is 2.32. The highest BCUT2D eigenvalue weighted by molar-refractivity contribution is 6.33. The fraction of sp³-hybridized carbons (Fsp3) is 0.409. The van der Waals surface area contributed by atoms with Gasteiger partial charge in [0, 0.05) is 24.3 Å². The van der Waals surface area contributed by atoms with Crippen molar-refractivity contribution in [2.24, 2.45) is 5.92 Å². The first-order valence-electron chi connectivity index (χ1n) is 9.40. The fourth-order valence-electron chi connectivity index (χ4n) is 3.31. The lowest BCUT2D eigenvalue weighted by Crippen LogP contribution is -2.32. The molecule has 4 heteroatoms. The van der Waals surface area contributed by atoms with Gasteiger partial charge < -0.3 is 10.2 Å². The first-order valence-corrected chi connectivity index (χ1v) is 9.77. The summed E-state index contributed by atoms with van der Waals surface area (Å²) in [4.78, 5) is 14.8. The highest BCUT2D eigenvalue weighted by Gasteiger charge is 2.18. The number of hydrogen-bond acceptors (Lipinski definition) is 2. The Bertz CT molecular complexity index is 762. The van der Waals surface area contributed by atoms with E-state index in [1.54, 1.807) is 0 Å². The van der Waals surface area contributed by atoms with Gasteiger partial charge in [0.1, 0.15) is 0 Å². The lowest BCUT2D eigenvalue weighted by molar-refractivity contribution is 0.102. The molecule has 1 saturated heterocycles. The number of carbonyl (C=O) groups is 1. The number of nitrogens with one attached hydrogen (secondary N) is 1. The number of hydrogen-bond donors (Lipinski definition) is 1. The molecule has 0 aliphatic carbocycles. The minimum Gasteiger partial charge on any atom is -0.370 e. The number of rotatable bonds is 4. The van der Waals surface area contributed by atoms with E-state index in [2.05, 4.69) is 31.0 Å². The zero-order chi connectivity index (χ0) is 18.7. The average Bonchev–Trinajstić information content (AvgIpc) is 2.63. The van der Waals surface area contributed by atoms with Crippen molar-refractivity contribution in [2.75, 3.05) is 23.3 Å². The first kappa shape index (κ1) is 18.8. The van der Waals surface area contributed by atoms with Crippen LogP contribution in [0.25, 0.3) is 0 Å². The van der Waals surface area contributed by atoms with Crippen LogP contribution < -0.4 is 10.2 Å². The van der Waals surface area contributed by atoms with Gasteiger partial charge in [0.25, 0.3) is 5.91 Å². The van der Waals surface area contributed by atoms with E-state index in [-0.39, 0.29) is 5.91 Å². The maximum absolute atomic E-state index is 12.5. The lowest BCUT2D eigenvalue weighted by Gasteiger charge is -2.32. The number of anilines is 2. The molecule has 3 nitrogen and oxygen atoms in total. The predicted octanol–water partition coefficient (Wildman–Crippen LogP) is 5.95. The topological polar surface area (TPSA) is 32.3 Å². The predicted molar refractivity (Wildman–Crippen MR) is 111 cm³/mol. The molecule has 0 saturated carbocycles. The third-order valence-electron chi connectivity index (χ3n) is 5.17.